The van der Waals surface area contributed by atoms with Crippen LogP contribution in [0.3, 0.4) is 0 Å². The van der Waals surface area contributed by atoms with Crippen molar-refractivity contribution in [3.8, 4) is 0 Å². The van der Waals surface area contributed by atoms with Crippen molar-refractivity contribution in [3.63, 3.8) is 0 Å². The SMILES string of the molecule is Cc1ccc(NC(=O)CN(c2ccc(C34CC5CC(CC(C5)C3)C4)cc2)S(C)(=O)=O)c(C)c1. The van der Waals surface area contributed by atoms with Gasteiger partial charge >= 0.3 is 0 Å². The van der Waals surface area contributed by atoms with Gasteiger partial charge in [0.25, 0.3) is 0 Å². The number of nitrogens with zero attached hydrogens (tertiary/aromatic N) is 1. The molecule has 4 aliphatic carbocycles. The normalized spacial score (nSPS) is 28.0. The van der Waals surface area contributed by atoms with Crippen molar-refractivity contribution in [2.75, 3.05) is 22.4 Å². The van der Waals surface area contributed by atoms with Gasteiger partial charge in [-0.2, -0.15) is 0 Å². The Bertz CT molecular complexity index is 1140. The molecule has 0 unspecified atom stereocenters. The van der Waals surface area contributed by atoms with E-state index in [2.05, 4.69) is 17.4 Å². The zero-order valence-corrected chi connectivity index (χ0v) is 20.6. The van der Waals surface area contributed by atoms with Crippen LogP contribution in [0.1, 0.15) is 55.2 Å². The van der Waals surface area contributed by atoms with E-state index in [0.29, 0.717) is 11.4 Å². The topological polar surface area (TPSA) is 66.5 Å². The number of sulfonamides is 1. The number of anilines is 2. The number of nitrogens with one attached hydrogen (secondary N) is 1. The summed E-state index contributed by atoms with van der Waals surface area (Å²) in [6.07, 6.45) is 9.16. The van der Waals surface area contributed by atoms with Crippen molar-refractivity contribution >= 4 is 27.3 Å². The van der Waals surface area contributed by atoms with Gasteiger partial charge in [0.2, 0.25) is 15.9 Å². The lowest BCUT2D eigenvalue weighted by Crippen LogP contribution is -2.48. The van der Waals surface area contributed by atoms with Gasteiger partial charge in [-0.25, -0.2) is 8.42 Å². The first-order valence-corrected chi connectivity index (χ1v) is 13.9. The van der Waals surface area contributed by atoms with Gasteiger partial charge in [-0.15, -0.1) is 0 Å². The van der Waals surface area contributed by atoms with E-state index in [1.165, 1.54) is 48.4 Å². The van der Waals surface area contributed by atoms with Crippen LogP contribution < -0.4 is 9.62 Å². The minimum atomic E-state index is -3.61. The lowest BCUT2D eigenvalue weighted by molar-refractivity contribution is -0.114. The van der Waals surface area contributed by atoms with Gasteiger partial charge < -0.3 is 5.32 Å². The van der Waals surface area contributed by atoms with E-state index in [1.54, 1.807) is 0 Å². The lowest BCUT2D eigenvalue weighted by atomic mass is 9.48. The first-order valence-electron chi connectivity index (χ1n) is 12.1. The summed E-state index contributed by atoms with van der Waals surface area (Å²) in [5.74, 6) is 2.23. The highest BCUT2D eigenvalue weighted by Crippen LogP contribution is 2.60. The van der Waals surface area contributed by atoms with Crippen LogP contribution in [-0.2, 0) is 20.2 Å². The van der Waals surface area contributed by atoms with Gasteiger partial charge in [-0.1, -0.05) is 29.8 Å². The summed E-state index contributed by atoms with van der Waals surface area (Å²) in [6, 6.07) is 13.8. The van der Waals surface area contributed by atoms with Crippen molar-refractivity contribution in [3.05, 3.63) is 59.2 Å². The molecule has 5 nitrogen and oxygen atoms in total. The number of rotatable bonds is 6. The number of aryl methyl sites for hydroxylation is 2. The first-order chi connectivity index (χ1) is 15.6. The largest absolute Gasteiger partial charge is 0.324 e. The minimum absolute atomic E-state index is 0.247. The maximum atomic E-state index is 12.8. The molecule has 6 rings (SSSR count). The Kier molecular flexibility index (Phi) is 5.55. The summed E-state index contributed by atoms with van der Waals surface area (Å²) in [5.41, 5.74) is 4.93. The predicted molar refractivity (Wildman–Crippen MR) is 133 cm³/mol. The second kappa shape index (κ2) is 8.15. The molecule has 1 N–H and O–H groups in total. The molecule has 2 aromatic carbocycles. The second-order valence-corrected chi connectivity index (χ2v) is 12.8. The fourth-order valence-electron chi connectivity index (χ4n) is 7.12. The smallest absolute Gasteiger partial charge is 0.245 e. The first kappa shape index (κ1) is 22.5. The number of hydrogen-bond donors (Lipinski definition) is 1. The quantitative estimate of drug-likeness (QED) is 0.638. The van der Waals surface area contributed by atoms with Crippen LogP contribution in [-0.4, -0.2) is 27.1 Å². The maximum absolute atomic E-state index is 12.8. The number of hydrogen-bond acceptors (Lipinski definition) is 3. The molecule has 33 heavy (non-hydrogen) atoms. The molecule has 0 heterocycles. The summed E-state index contributed by atoms with van der Waals surface area (Å²) >= 11 is 0. The lowest BCUT2D eigenvalue weighted by Gasteiger charge is -2.57. The molecule has 176 valence electrons. The van der Waals surface area contributed by atoms with Crippen molar-refractivity contribution in [1.82, 2.24) is 0 Å². The van der Waals surface area contributed by atoms with Crippen LogP contribution >= 0.6 is 0 Å². The molecule has 0 saturated heterocycles. The number of carbonyl (C=O) groups excluding carboxylic acids is 1. The van der Waals surface area contributed by atoms with Crippen LogP contribution in [0.4, 0.5) is 11.4 Å². The average Bonchev–Trinajstić information content (AvgIpc) is 2.72. The molecule has 0 aliphatic heterocycles. The van der Waals surface area contributed by atoms with E-state index in [-0.39, 0.29) is 17.9 Å². The van der Waals surface area contributed by atoms with E-state index in [0.717, 1.165) is 35.1 Å². The van der Waals surface area contributed by atoms with Crippen molar-refractivity contribution in [1.29, 1.82) is 0 Å². The van der Waals surface area contributed by atoms with E-state index in [4.69, 9.17) is 0 Å². The van der Waals surface area contributed by atoms with E-state index >= 15 is 0 Å². The molecule has 4 saturated carbocycles. The fraction of sp³-hybridized carbons (Fsp3) is 0.519. The Morgan fingerprint density at radius 2 is 1.55 bits per heavy atom. The van der Waals surface area contributed by atoms with Crippen LogP contribution in [0.15, 0.2) is 42.5 Å². The van der Waals surface area contributed by atoms with Crippen LogP contribution in [0.2, 0.25) is 0 Å². The summed E-state index contributed by atoms with van der Waals surface area (Å²) in [7, 11) is -3.61. The van der Waals surface area contributed by atoms with Gasteiger partial charge in [-0.05, 0) is 105 Å². The Balaban J connectivity index is 1.35. The van der Waals surface area contributed by atoms with Gasteiger partial charge in [0.15, 0.2) is 0 Å². The molecule has 0 aromatic heterocycles. The van der Waals surface area contributed by atoms with Crippen molar-refractivity contribution < 1.29 is 13.2 Å². The summed E-state index contributed by atoms with van der Waals surface area (Å²) in [5, 5.41) is 2.87. The summed E-state index contributed by atoms with van der Waals surface area (Å²) < 4.78 is 26.4. The third kappa shape index (κ3) is 4.42. The minimum Gasteiger partial charge on any atom is -0.324 e. The predicted octanol–water partition coefficient (Wildman–Crippen LogP) is 5.18. The fourth-order valence-corrected chi connectivity index (χ4v) is 7.98. The zero-order valence-electron chi connectivity index (χ0n) is 19.8. The van der Waals surface area contributed by atoms with E-state index in [1.807, 2.05) is 44.2 Å². The number of carbonyl (C=O) groups is 1. The maximum Gasteiger partial charge on any atom is 0.245 e. The zero-order chi connectivity index (χ0) is 23.4. The number of amides is 1. The molecule has 0 spiro atoms. The number of benzene rings is 2. The van der Waals surface area contributed by atoms with Crippen LogP contribution in [0.5, 0.6) is 0 Å². The van der Waals surface area contributed by atoms with Crippen molar-refractivity contribution in [2.24, 2.45) is 17.8 Å². The standard InChI is InChI=1S/C27H34N2O3S/c1-18-4-9-25(19(2)10-18)28-26(30)17-29(33(3,31)32)24-7-5-23(6-8-24)27-14-20-11-21(15-27)13-22(12-20)16-27/h4-10,20-22H,11-17H2,1-3H3,(H,28,30). The molecule has 0 atom stereocenters. The third-order valence-electron chi connectivity index (χ3n) is 8.15. The monoisotopic (exact) mass is 466 g/mol. The average molecular weight is 467 g/mol. The Morgan fingerprint density at radius 1 is 0.970 bits per heavy atom. The molecule has 4 aliphatic rings. The highest BCUT2D eigenvalue weighted by atomic mass is 32.2. The molecule has 0 radical (unpaired) electrons. The highest BCUT2D eigenvalue weighted by molar-refractivity contribution is 7.92. The molecule has 2 aromatic rings. The van der Waals surface area contributed by atoms with Gasteiger partial charge in [0.1, 0.15) is 6.54 Å². The van der Waals surface area contributed by atoms with E-state index in [9.17, 15) is 13.2 Å². The summed E-state index contributed by atoms with van der Waals surface area (Å²) in [4.78, 5) is 12.8. The molecule has 1 amide bonds. The molecular formula is C27H34N2O3S. The van der Waals surface area contributed by atoms with Crippen LogP contribution in [0.25, 0.3) is 0 Å². The Hall–Kier alpha value is -2.34. The van der Waals surface area contributed by atoms with Gasteiger partial charge in [0.05, 0.1) is 11.9 Å². The molecular weight excluding hydrogens is 432 g/mol. The molecule has 6 heteroatoms. The Labute approximate surface area is 197 Å². The van der Waals surface area contributed by atoms with Crippen LogP contribution in [0, 0.1) is 31.6 Å². The van der Waals surface area contributed by atoms with Crippen molar-refractivity contribution in [2.45, 2.75) is 57.8 Å². The molecule has 4 fully saturated rings. The second-order valence-electron chi connectivity index (χ2n) is 10.9. The Morgan fingerprint density at radius 3 is 2.06 bits per heavy atom. The van der Waals surface area contributed by atoms with Gasteiger partial charge in [-0.3, -0.25) is 9.10 Å². The van der Waals surface area contributed by atoms with Gasteiger partial charge in [0, 0.05) is 5.69 Å². The van der Waals surface area contributed by atoms with E-state index < -0.39 is 10.0 Å². The highest BCUT2D eigenvalue weighted by Gasteiger charge is 2.51. The summed E-state index contributed by atoms with van der Waals surface area (Å²) in [6.45, 7) is 3.68. The third-order valence-corrected chi connectivity index (χ3v) is 9.29. The molecule has 4 bridgehead atoms.